The fourth-order valence-corrected chi connectivity index (χ4v) is 2.31. The summed E-state index contributed by atoms with van der Waals surface area (Å²) in [6.07, 6.45) is 4.02. The maximum absolute atomic E-state index is 11.9. The van der Waals surface area contributed by atoms with E-state index in [1.807, 2.05) is 5.32 Å². The Labute approximate surface area is 172 Å². The molecule has 1 aromatic heterocycles. The highest BCUT2D eigenvalue weighted by Gasteiger charge is 2.12. The summed E-state index contributed by atoms with van der Waals surface area (Å²) in [5.41, 5.74) is 0.536. The van der Waals surface area contributed by atoms with E-state index in [-0.39, 0.29) is 6.54 Å². The number of imide groups is 1. The van der Waals surface area contributed by atoms with Gasteiger partial charge < -0.3 is 28.7 Å². The molecule has 0 bridgehead atoms. The van der Waals surface area contributed by atoms with Crippen LogP contribution in [-0.4, -0.2) is 45.8 Å². The predicted octanol–water partition coefficient (Wildman–Crippen LogP) is 1.89. The second-order valence-electron chi connectivity index (χ2n) is 5.70. The second-order valence-corrected chi connectivity index (χ2v) is 5.70. The number of rotatable bonds is 9. The Balaban J connectivity index is 1.84. The van der Waals surface area contributed by atoms with Gasteiger partial charge in [-0.05, 0) is 24.3 Å². The number of furan rings is 1. The lowest BCUT2D eigenvalue weighted by molar-refractivity contribution is -0.143. The Kier molecular flexibility index (Phi) is 8.30. The van der Waals surface area contributed by atoms with Crippen LogP contribution < -0.4 is 24.8 Å². The quantitative estimate of drug-likeness (QED) is 0.467. The van der Waals surface area contributed by atoms with Gasteiger partial charge in [-0.1, -0.05) is 0 Å². The first kappa shape index (κ1) is 22.3. The van der Waals surface area contributed by atoms with E-state index < -0.39 is 24.5 Å². The molecule has 1 heterocycles. The van der Waals surface area contributed by atoms with E-state index in [9.17, 15) is 14.4 Å². The van der Waals surface area contributed by atoms with Gasteiger partial charge in [-0.2, -0.15) is 0 Å². The summed E-state index contributed by atoms with van der Waals surface area (Å²) in [5.74, 6) is 0.333. The highest BCUT2D eigenvalue weighted by atomic mass is 16.5. The van der Waals surface area contributed by atoms with E-state index in [4.69, 9.17) is 23.4 Å². The molecule has 0 atom stereocenters. The number of hydrogen-bond acceptors (Lipinski definition) is 8. The molecule has 2 aromatic rings. The molecule has 10 heteroatoms. The lowest BCUT2D eigenvalue weighted by Gasteiger charge is -2.12. The molecular formula is C20H22N2O8. The summed E-state index contributed by atoms with van der Waals surface area (Å²) in [6, 6.07) is 5.84. The summed E-state index contributed by atoms with van der Waals surface area (Å²) in [6.45, 7) is -0.512. The highest BCUT2D eigenvalue weighted by molar-refractivity contribution is 5.96. The number of urea groups is 1. The van der Waals surface area contributed by atoms with Crippen molar-refractivity contribution in [3.8, 4) is 17.2 Å². The van der Waals surface area contributed by atoms with Crippen LogP contribution in [0.5, 0.6) is 17.2 Å². The molecule has 10 nitrogen and oxygen atoms in total. The largest absolute Gasteiger partial charge is 0.496 e. The molecule has 0 radical (unpaired) electrons. The van der Waals surface area contributed by atoms with Crippen LogP contribution in [0.25, 0.3) is 6.08 Å². The van der Waals surface area contributed by atoms with Gasteiger partial charge in [0.1, 0.15) is 11.5 Å². The average Bonchev–Trinajstić information content (AvgIpc) is 3.27. The number of carbonyl (C=O) groups is 3. The van der Waals surface area contributed by atoms with Gasteiger partial charge in [0.2, 0.25) is 0 Å². The molecule has 2 N–H and O–H groups in total. The Morgan fingerprint density at radius 2 is 1.73 bits per heavy atom. The zero-order valence-electron chi connectivity index (χ0n) is 16.7. The predicted molar refractivity (Wildman–Crippen MR) is 105 cm³/mol. The Morgan fingerprint density at radius 1 is 1.03 bits per heavy atom. The first-order valence-corrected chi connectivity index (χ1v) is 8.71. The van der Waals surface area contributed by atoms with Gasteiger partial charge in [0.15, 0.2) is 18.1 Å². The van der Waals surface area contributed by atoms with Crippen LogP contribution in [0.15, 0.2) is 41.0 Å². The van der Waals surface area contributed by atoms with Crippen molar-refractivity contribution in [1.82, 2.24) is 10.6 Å². The zero-order chi connectivity index (χ0) is 21.9. The number of benzene rings is 1. The molecule has 0 aliphatic heterocycles. The summed E-state index contributed by atoms with van der Waals surface area (Å²) >= 11 is 0. The topological polar surface area (TPSA) is 125 Å². The fourth-order valence-electron chi connectivity index (χ4n) is 2.31. The first-order valence-electron chi connectivity index (χ1n) is 8.71. The van der Waals surface area contributed by atoms with Gasteiger partial charge in [0.05, 0.1) is 34.1 Å². The van der Waals surface area contributed by atoms with E-state index in [1.54, 1.807) is 24.3 Å². The van der Waals surface area contributed by atoms with Gasteiger partial charge in [0.25, 0.3) is 5.91 Å². The molecule has 0 fully saturated rings. The van der Waals surface area contributed by atoms with Crippen molar-refractivity contribution < 1.29 is 37.7 Å². The molecular weight excluding hydrogens is 396 g/mol. The minimum Gasteiger partial charge on any atom is -0.496 e. The van der Waals surface area contributed by atoms with Crippen LogP contribution in [0, 0.1) is 0 Å². The van der Waals surface area contributed by atoms with Crippen molar-refractivity contribution in [2.45, 2.75) is 6.54 Å². The fraction of sp³-hybridized carbons (Fsp3) is 0.250. The summed E-state index contributed by atoms with van der Waals surface area (Å²) in [5, 5.41) is 4.46. The molecule has 1 aromatic carbocycles. The summed E-state index contributed by atoms with van der Waals surface area (Å²) in [4.78, 5) is 35.2. The van der Waals surface area contributed by atoms with Crippen LogP contribution in [0.3, 0.4) is 0 Å². The van der Waals surface area contributed by atoms with Crippen LogP contribution in [0.2, 0.25) is 0 Å². The first-order chi connectivity index (χ1) is 14.5. The zero-order valence-corrected chi connectivity index (χ0v) is 16.7. The Bertz CT molecular complexity index is 906. The number of esters is 1. The van der Waals surface area contributed by atoms with E-state index in [0.717, 1.165) is 6.08 Å². The number of amides is 3. The number of ether oxygens (including phenoxy) is 4. The Morgan fingerprint density at radius 3 is 2.37 bits per heavy atom. The smallest absolute Gasteiger partial charge is 0.331 e. The van der Waals surface area contributed by atoms with Crippen LogP contribution >= 0.6 is 0 Å². The van der Waals surface area contributed by atoms with E-state index in [0.29, 0.717) is 28.6 Å². The number of hydrogen-bond donors (Lipinski definition) is 2. The van der Waals surface area contributed by atoms with Crippen molar-refractivity contribution in [2.24, 2.45) is 0 Å². The normalized spacial score (nSPS) is 10.4. The average molecular weight is 418 g/mol. The van der Waals surface area contributed by atoms with Crippen molar-refractivity contribution in [1.29, 1.82) is 0 Å². The van der Waals surface area contributed by atoms with Crippen LogP contribution in [-0.2, 0) is 20.9 Å². The number of carbonyl (C=O) groups excluding carboxylic acids is 3. The number of methoxy groups -OCH3 is 3. The molecule has 30 heavy (non-hydrogen) atoms. The third-order valence-electron chi connectivity index (χ3n) is 3.74. The summed E-state index contributed by atoms with van der Waals surface area (Å²) in [7, 11) is 4.44. The van der Waals surface area contributed by atoms with Crippen LogP contribution in [0.4, 0.5) is 4.79 Å². The van der Waals surface area contributed by atoms with E-state index in [2.05, 4.69) is 5.32 Å². The van der Waals surface area contributed by atoms with Crippen molar-refractivity contribution in [3.63, 3.8) is 0 Å². The molecule has 0 aliphatic carbocycles. The lowest BCUT2D eigenvalue weighted by Crippen LogP contribution is -2.41. The molecule has 0 unspecified atom stereocenters. The highest BCUT2D eigenvalue weighted by Crippen LogP contribution is 2.35. The van der Waals surface area contributed by atoms with E-state index in [1.165, 1.54) is 33.7 Å². The molecule has 160 valence electrons. The van der Waals surface area contributed by atoms with Crippen LogP contribution in [0.1, 0.15) is 11.3 Å². The SMILES string of the molecule is COc1cc(OC)c(OC)cc1/C=C/C(=O)OCC(=O)NC(=O)NCc1ccco1. The van der Waals surface area contributed by atoms with Gasteiger partial charge in [-0.3, -0.25) is 10.1 Å². The molecule has 0 spiro atoms. The van der Waals surface area contributed by atoms with Gasteiger partial charge in [-0.25, -0.2) is 9.59 Å². The monoisotopic (exact) mass is 418 g/mol. The molecule has 0 saturated heterocycles. The standard InChI is InChI=1S/C20H22N2O8/c1-26-15-10-17(28-3)16(27-2)9-13(15)6-7-19(24)30-12-18(23)22-20(25)21-11-14-5-4-8-29-14/h4-10H,11-12H2,1-3H3,(H2,21,22,23,25)/b7-6+. The third-order valence-corrected chi connectivity index (χ3v) is 3.74. The molecule has 2 rings (SSSR count). The van der Waals surface area contributed by atoms with E-state index >= 15 is 0 Å². The summed E-state index contributed by atoms with van der Waals surface area (Å²) < 4.78 is 25.5. The maximum Gasteiger partial charge on any atom is 0.331 e. The van der Waals surface area contributed by atoms with Crippen molar-refractivity contribution in [2.75, 3.05) is 27.9 Å². The second kappa shape index (κ2) is 11.1. The van der Waals surface area contributed by atoms with Crippen molar-refractivity contribution in [3.05, 3.63) is 47.9 Å². The minimum atomic E-state index is -0.780. The van der Waals surface area contributed by atoms with Gasteiger partial charge in [0, 0.05) is 17.7 Å². The number of nitrogens with one attached hydrogen (secondary N) is 2. The van der Waals surface area contributed by atoms with Crippen molar-refractivity contribution >= 4 is 24.0 Å². The van der Waals surface area contributed by atoms with Gasteiger partial charge in [-0.15, -0.1) is 0 Å². The maximum atomic E-state index is 11.9. The minimum absolute atomic E-state index is 0.113. The lowest BCUT2D eigenvalue weighted by atomic mass is 10.1. The van der Waals surface area contributed by atoms with Gasteiger partial charge >= 0.3 is 12.0 Å². The third kappa shape index (κ3) is 6.59. The molecule has 3 amide bonds. The Hall–Kier alpha value is -3.95. The molecule has 0 saturated carbocycles. The molecule has 0 aliphatic rings.